The van der Waals surface area contributed by atoms with Crippen molar-refractivity contribution in [2.75, 3.05) is 11.9 Å². The second kappa shape index (κ2) is 7.41. The molecule has 0 radical (unpaired) electrons. The Morgan fingerprint density at radius 3 is 2.90 bits per heavy atom. The van der Waals surface area contributed by atoms with E-state index >= 15 is 0 Å². The molecule has 5 nitrogen and oxygen atoms in total. The fourth-order valence-electron chi connectivity index (χ4n) is 2.88. The van der Waals surface area contributed by atoms with Crippen LogP contribution in [0.4, 0.5) is 5.82 Å². The molecular weight excluding hydrogens is 268 g/mol. The summed E-state index contributed by atoms with van der Waals surface area (Å²) in [6.45, 7) is 2.78. The zero-order valence-electron chi connectivity index (χ0n) is 12.5. The summed E-state index contributed by atoms with van der Waals surface area (Å²) in [5, 5.41) is 22.1. The number of carboxylic acids is 1. The number of pyridine rings is 1. The lowest BCUT2D eigenvalue weighted by molar-refractivity contribution is 0.0696. The van der Waals surface area contributed by atoms with Crippen molar-refractivity contribution in [3.63, 3.8) is 0 Å². The molecule has 0 spiro atoms. The van der Waals surface area contributed by atoms with E-state index in [9.17, 15) is 9.90 Å². The van der Waals surface area contributed by atoms with E-state index in [2.05, 4.69) is 10.3 Å². The Morgan fingerprint density at radius 1 is 1.43 bits per heavy atom. The largest absolute Gasteiger partial charge is 0.478 e. The van der Waals surface area contributed by atoms with Gasteiger partial charge in [-0.05, 0) is 43.7 Å². The zero-order chi connectivity index (χ0) is 15.2. The molecule has 1 aliphatic carbocycles. The molecule has 2 atom stereocenters. The highest BCUT2D eigenvalue weighted by Crippen LogP contribution is 2.24. The van der Waals surface area contributed by atoms with E-state index in [1.807, 2.05) is 6.92 Å². The molecule has 0 aliphatic heterocycles. The lowest BCUT2D eigenvalue weighted by Gasteiger charge is -2.26. The minimum Gasteiger partial charge on any atom is -0.478 e. The van der Waals surface area contributed by atoms with Gasteiger partial charge in [0, 0.05) is 12.2 Å². The van der Waals surface area contributed by atoms with Crippen molar-refractivity contribution in [3.8, 4) is 0 Å². The molecule has 1 heterocycles. The molecule has 5 heteroatoms. The number of nitrogens with zero attached hydrogens (tertiary/aromatic N) is 1. The Kier molecular flexibility index (Phi) is 5.56. The van der Waals surface area contributed by atoms with Gasteiger partial charge >= 0.3 is 5.97 Å². The monoisotopic (exact) mass is 292 g/mol. The van der Waals surface area contributed by atoms with Gasteiger partial charge in [0.2, 0.25) is 0 Å². The average Bonchev–Trinajstić information content (AvgIpc) is 2.45. The molecule has 0 saturated heterocycles. The van der Waals surface area contributed by atoms with Crippen molar-refractivity contribution < 1.29 is 15.0 Å². The molecule has 2 rings (SSSR count). The van der Waals surface area contributed by atoms with Crippen molar-refractivity contribution in [1.82, 2.24) is 4.98 Å². The van der Waals surface area contributed by atoms with Crippen LogP contribution in [0.5, 0.6) is 0 Å². The Labute approximate surface area is 125 Å². The van der Waals surface area contributed by atoms with Crippen molar-refractivity contribution in [3.05, 3.63) is 23.4 Å². The van der Waals surface area contributed by atoms with Crippen molar-refractivity contribution >= 4 is 11.8 Å². The number of carbonyl (C=O) groups is 1. The number of aliphatic hydroxyl groups excluding tert-OH is 1. The third-order valence-corrected chi connectivity index (χ3v) is 3.96. The lowest BCUT2D eigenvalue weighted by Crippen LogP contribution is -2.25. The van der Waals surface area contributed by atoms with Crippen molar-refractivity contribution in [2.24, 2.45) is 5.92 Å². The molecule has 3 N–H and O–H groups in total. The summed E-state index contributed by atoms with van der Waals surface area (Å²) in [5.41, 5.74) is 1.09. The quantitative estimate of drug-likeness (QED) is 0.751. The second-order valence-corrected chi connectivity index (χ2v) is 5.85. The van der Waals surface area contributed by atoms with Crippen LogP contribution in [-0.2, 0) is 6.42 Å². The molecule has 0 bridgehead atoms. The van der Waals surface area contributed by atoms with Gasteiger partial charge in [0.05, 0.1) is 11.7 Å². The first-order valence-corrected chi connectivity index (χ1v) is 7.74. The molecule has 21 heavy (non-hydrogen) atoms. The second-order valence-electron chi connectivity index (χ2n) is 5.85. The van der Waals surface area contributed by atoms with Crippen molar-refractivity contribution in [1.29, 1.82) is 0 Å². The van der Waals surface area contributed by atoms with Crippen LogP contribution in [0.15, 0.2) is 12.1 Å². The third kappa shape index (κ3) is 4.70. The molecule has 1 aliphatic rings. The van der Waals surface area contributed by atoms with Crippen LogP contribution in [0.2, 0.25) is 0 Å². The van der Waals surface area contributed by atoms with Crippen LogP contribution in [0, 0.1) is 5.92 Å². The number of aromatic nitrogens is 1. The van der Waals surface area contributed by atoms with E-state index in [0.29, 0.717) is 11.7 Å². The smallest absolute Gasteiger partial charge is 0.335 e. The van der Waals surface area contributed by atoms with Gasteiger partial charge in [-0.15, -0.1) is 0 Å². The maximum Gasteiger partial charge on any atom is 0.335 e. The molecule has 116 valence electrons. The van der Waals surface area contributed by atoms with E-state index in [-0.39, 0.29) is 11.7 Å². The summed E-state index contributed by atoms with van der Waals surface area (Å²) < 4.78 is 0. The summed E-state index contributed by atoms with van der Waals surface area (Å²) in [4.78, 5) is 15.6. The summed E-state index contributed by atoms with van der Waals surface area (Å²) in [5.74, 6) is 0.128. The van der Waals surface area contributed by atoms with Crippen LogP contribution in [0.3, 0.4) is 0 Å². The third-order valence-electron chi connectivity index (χ3n) is 3.96. The molecule has 1 aromatic rings. The average molecular weight is 292 g/mol. The van der Waals surface area contributed by atoms with Crippen LogP contribution in [0.25, 0.3) is 0 Å². The van der Waals surface area contributed by atoms with Crippen LogP contribution in [-0.4, -0.2) is 33.8 Å². The maximum absolute atomic E-state index is 11.2. The van der Waals surface area contributed by atoms with E-state index < -0.39 is 5.97 Å². The van der Waals surface area contributed by atoms with E-state index in [0.717, 1.165) is 50.8 Å². The highest BCUT2D eigenvalue weighted by molar-refractivity contribution is 5.88. The number of aryl methyl sites for hydroxylation is 1. The number of nitrogens with one attached hydrogen (secondary N) is 1. The Morgan fingerprint density at radius 2 is 2.24 bits per heavy atom. The molecule has 2 unspecified atom stereocenters. The van der Waals surface area contributed by atoms with Gasteiger partial charge in [-0.3, -0.25) is 0 Å². The number of aliphatic hydroxyl groups is 1. The van der Waals surface area contributed by atoms with Gasteiger partial charge in [0.1, 0.15) is 5.82 Å². The minimum atomic E-state index is -0.925. The number of carboxylic acid groups (broad SMARTS) is 1. The fourth-order valence-corrected chi connectivity index (χ4v) is 2.88. The molecule has 1 saturated carbocycles. The molecule has 0 amide bonds. The number of hydrogen-bond donors (Lipinski definition) is 3. The van der Waals surface area contributed by atoms with Gasteiger partial charge in [0.25, 0.3) is 0 Å². The summed E-state index contributed by atoms with van der Waals surface area (Å²) in [6.07, 6.45) is 5.38. The first-order chi connectivity index (χ1) is 10.1. The van der Waals surface area contributed by atoms with Gasteiger partial charge < -0.3 is 15.5 Å². The summed E-state index contributed by atoms with van der Waals surface area (Å²) in [6, 6.07) is 3.22. The Hall–Kier alpha value is -1.62. The van der Waals surface area contributed by atoms with Crippen LogP contribution < -0.4 is 5.32 Å². The topological polar surface area (TPSA) is 82.5 Å². The SMILES string of the molecule is CCCc1cc(C(=O)O)cc(NCC2CCCC(O)C2)n1. The van der Waals surface area contributed by atoms with Crippen LogP contribution in [0.1, 0.15) is 55.1 Å². The van der Waals surface area contributed by atoms with Gasteiger partial charge in [0.15, 0.2) is 0 Å². The molecular formula is C16H24N2O3. The van der Waals surface area contributed by atoms with Gasteiger partial charge in [-0.25, -0.2) is 9.78 Å². The molecule has 0 aromatic carbocycles. The summed E-state index contributed by atoms with van der Waals surface area (Å²) >= 11 is 0. The predicted octanol–water partition coefficient (Wildman–Crippen LogP) is 2.70. The lowest BCUT2D eigenvalue weighted by atomic mass is 9.87. The summed E-state index contributed by atoms with van der Waals surface area (Å²) in [7, 11) is 0. The normalized spacial score (nSPS) is 22.0. The Balaban J connectivity index is 2.02. The number of aromatic carboxylic acids is 1. The molecule has 1 fully saturated rings. The molecule has 1 aromatic heterocycles. The standard InChI is InChI=1S/C16H24N2O3/c1-2-4-13-8-12(16(20)21)9-15(18-13)17-10-11-5-3-6-14(19)7-11/h8-9,11,14,19H,2-7,10H2,1H3,(H,17,18)(H,20,21). The zero-order valence-corrected chi connectivity index (χ0v) is 12.5. The van der Waals surface area contributed by atoms with E-state index in [4.69, 9.17) is 5.11 Å². The fraction of sp³-hybridized carbons (Fsp3) is 0.625. The first kappa shape index (κ1) is 15.8. The van der Waals surface area contributed by atoms with E-state index in [1.54, 1.807) is 12.1 Å². The number of hydrogen-bond acceptors (Lipinski definition) is 4. The minimum absolute atomic E-state index is 0.195. The van der Waals surface area contributed by atoms with Crippen LogP contribution >= 0.6 is 0 Å². The highest BCUT2D eigenvalue weighted by atomic mass is 16.4. The maximum atomic E-state index is 11.2. The predicted molar refractivity (Wildman–Crippen MR) is 81.6 cm³/mol. The Bertz CT molecular complexity index is 490. The highest BCUT2D eigenvalue weighted by Gasteiger charge is 2.20. The number of anilines is 1. The number of rotatable bonds is 6. The van der Waals surface area contributed by atoms with E-state index in [1.165, 1.54) is 0 Å². The van der Waals surface area contributed by atoms with Crippen molar-refractivity contribution in [2.45, 2.75) is 51.6 Å². The first-order valence-electron chi connectivity index (χ1n) is 7.74. The van der Waals surface area contributed by atoms with Gasteiger partial charge in [-0.1, -0.05) is 19.8 Å². The van der Waals surface area contributed by atoms with Gasteiger partial charge in [-0.2, -0.15) is 0 Å².